The molecule has 6 nitrogen and oxygen atoms in total. The standard InChI is InChI=1S/C27H26N4O2/c1-2-22(32)16-19-8-12-21(13-9-19)31-27-25(17-28-18-29-27)26(30-31)20-10-14-24(15-11-20)33-23-6-4-3-5-7-23/h2-7,10-11,14-15,17-19,21H,1,8-9,12-13,16H2/t19-,21-. The predicted octanol–water partition coefficient (Wildman–Crippen LogP) is 6.16. The predicted molar refractivity (Wildman–Crippen MR) is 128 cm³/mol. The largest absolute Gasteiger partial charge is 0.457 e. The number of fused-ring (bicyclic) bond motifs is 1. The maximum Gasteiger partial charge on any atom is 0.162 e. The molecule has 0 atom stereocenters. The molecule has 0 N–H and O–H groups in total. The number of aromatic nitrogens is 4. The Labute approximate surface area is 193 Å². The van der Waals surface area contributed by atoms with E-state index in [1.165, 1.54) is 6.08 Å². The third-order valence-corrected chi connectivity index (χ3v) is 6.36. The molecule has 1 aliphatic carbocycles. The van der Waals surface area contributed by atoms with Gasteiger partial charge in [-0.05, 0) is 74.1 Å². The molecule has 166 valence electrons. The molecular formula is C27H26N4O2. The number of allylic oxidation sites excluding steroid dienone is 1. The van der Waals surface area contributed by atoms with Gasteiger partial charge in [-0.2, -0.15) is 5.10 Å². The Balaban J connectivity index is 1.38. The van der Waals surface area contributed by atoms with Crippen molar-refractivity contribution in [2.75, 3.05) is 0 Å². The van der Waals surface area contributed by atoms with E-state index in [4.69, 9.17) is 9.84 Å². The Kier molecular flexibility index (Phi) is 5.98. The Bertz CT molecular complexity index is 1260. The SMILES string of the molecule is C=CC(=O)C[C@H]1CC[C@H](n2nc(-c3ccc(Oc4ccccc4)cc3)c3cncnc32)CC1. The first-order chi connectivity index (χ1) is 16.2. The van der Waals surface area contributed by atoms with Gasteiger partial charge in [0.25, 0.3) is 0 Å². The molecule has 0 radical (unpaired) electrons. The minimum atomic E-state index is 0.137. The van der Waals surface area contributed by atoms with E-state index in [9.17, 15) is 4.79 Å². The number of ketones is 1. The van der Waals surface area contributed by atoms with Crippen LogP contribution in [0.25, 0.3) is 22.3 Å². The monoisotopic (exact) mass is 438 g/mol. The number of para-hydroxylation sites is 1. The summed E-state index contributed by atoms with van der Waals surface area (Å²) in [4.78, 5) is 20.5. The normalized spacial score (nSPS) is 18.2. The summed E-state index contributed by atoms with van der Waals surface area (Å²) in [5, 5.41) is 5.93. The second-order valence-electron chi connectivity index (χ2n) is 8.54. The van der Waals surface area contributed by atoms with Gasteiger partial charge in [0.15, 0.2) is 11.4 Å². The van der Waals surface area contributed by atoms with Crippen molar-refractivity contribution in [1.82, 2.24) is 19.7 Å². The molecule has 0 amide bonds. The van der Waals surface area contributed by atoms with Gasteiger partial charge in [-0.3, -0.25) is 4.79 Å². The highest BCUT2D eigenvalue weighted by Crippen LogP contribution is 2.37. The van der Waals surface area contributed by atoms with Crippen LogP contribution in [0.15, 0.2) is 79.8 Å². The molecule has 0 spiro atoms. The maximum absolute atomic E-state index is 11.7. The van der Waals surface area contributed by atoms with Crippen molar-refractivity contribution < 1.29 is 9.53 Å². The van der Waals surface area contributed by atoms with Crippen molar-refractivity contribution in [2.45, 2.75) is 38.1 Å². The van der Waals surface area contributed by atoms with Gasteiger partial charge in [0.2, 0.25) is 0 Å². The smallest absolute Gasteiger partial charge is 0.162 e. The Morgan fingerprint density at radius 1 is 1.03 bits per heavy atom. The summed E-state index contributed by atoms with van der Waals surface area (Å²) in [6.45, 7) is 3.59. The molecule has 2 aromatic carbocycles. The first kappa shape index (κ1) is 21.1. The van der Waals surface area contributed by atoms with Crippen LogP contribution < -0.4 is 4.74 Å². The Morgan fingerprint density at radius 2 is 1.76 bits per heavy atom. The number of hydrogen-bond donors (Lipinski definition) is 0. The molecule has 5 rings (SSSR count). The average molecular weight is 439 g/mol. The molecule has 6 heteroatoms. The van der Waals surface area contributed by atoms with E-state index in [-0.39, 0.29) is 11.8 Å². The van der Waals surface area contributed by atoms with Gasteiger partial charge in [0, 0.05) is 18.2 Å². The lowest BCUT2D eigenvalue weighted by molar-refractivity contribution is -0.115. The van der Waals surface area contributed by atoms with Crippen LogP contribution in [-0.4, -0.2) is 25.5 Å². The fraction of sp³-hybridized carbons (Fsp3) is 0.259. The third-order valence-electron chi connectivity index (χ3n) is 6.36. The van der Waals surface area contributed by atoms with Crippen molar-refractivity contribution >= 4 is 16.8 Å². The summed E-state index contributed by atoms with van der Waals surface area (Å²) in [6.07, 6.45) is 9.44. The van der Waals surface area contributed by atoms with Crippen molar-refractivity contribution in [3.63, 3.8) is 0 Å². The number of ether oxygens (including phenoxy) is 1. The van der Waals surface area contributed by atoms with Crippen LogP contribution in [0.2, 0.25) is 0 Å². The molecular weight excluding hydrogens is 412 g/mol. The minimum Gasteiger partial charge on any atom is -0.457 e. The summed E-state index contributed by atoms with van der Waals surface area (Å²) < 4.78 is 7.98. The van der Waals surface area contributed by atoms with Gasteiger partial charge in [-0.25, -0.2) is 14.6 Å². The summed E-state index contributed by atoms with van der Waals surface area (Å²) in [7, 11) is 0. The average Bonchev–Trinajstić information content (AvgIpc) is 3.25. The highest BCUT2D eigenvalue weighted by Gasteiger charge is 2.26. The molecule has 0 unspecified atom stereocenters. The van der Waals surface area contributed by atoms with Crippen molar-refractivity contribution in [3.8, 4) is 22.8 Å². The zero-order valence-electron chi connectivity index (χ0n) is 18.4. The highest BCUT2D eigenvalue weighted by atomic mass is 16.5. The number of benzene rings is 2. The number of carbonyl (C=O) groups excluding carboxylic acids is 1. The highest BCUT2D eigenvalue weighted by molar-refractivity contribution is 5.90. The summed E-state index contributed by atoms with van der Waals surface area (Å²) >= 11 is 0. The van der Waals surface area contributed by atoms with E-state index in [0.717, 1.165) is 59.5 Å². The van der Waals surface area contributed by atoms with Gasteiger partial charge in [0.1, 0.15) is 23.5 Å². The van der Waals surface area contributed by atoms with Crippen LogP contribution in [0.1, 0.15) is 38.1 Å². The van der Waals surface area contributed by atoms with Crippen molar-refractivity contribution in [1.29, 1.82) is 0 Å². The number of nitrogens with zero attached hydrogens (tertiary/aromatic N) is 4. The van der Waals surface area contributed by atoms with Crippen LogP contribution in [-0.2, 0) is 4.79 Å². The fourth-order valence-corrected chi connectivity index (χ4v) is 4.62. The van der Waals surface area contributed by atoms with Gasteiger partial charge in [-0.1, -0.05) is 24.8 Å². The van der Waals surface area contributed by atoms with E-state index in [2.05, 4.69) is 21.2 Å². The summed E-state index contributed by atoms with van der Waals surface area (Å²) in [6, 6.07) is 18.0. The van der Waals surface area contributed by atoms with E-state index in [0.29, 0.717) is 12.3 Å². The van der Waals surface area contributed by atoms with E-state index in [1.807, 2.05) is 60.8 Å². The van der Waals surface area contributed by atoms with Crippen LogP contribution in [0.3, 0.4) is 0 Å². The topological polar surface area (TPSA) is 69.9 Å². The lowest BCUT2D eigenvalue weighted by atomic mass is 9.83. The van der Waals surface area contributed by atoms with Crippen LogP contribution in [0.5, 0.6) is 11.5 Å². The summed E-state index contributed by atoms with van der Waals surface area (Å²) in [5.74, 6) is 2.15. The van der Waals surface area contributed by atoms with E-state index >= 15 is 0 Å². The molecule has 1 fully saturated rings. The van der Waals surface area contributed by atoms with E-state index in [1.54, 1.807) is 6.33 Å². The second-order valence-corrected chi connectivity index (χ2v) is 8.54. The van der Waals surface area contributed by atoms with Crippen molar-refractivity contribution in [3.05, 3.63) is 79.8 Å². The Hall–Kier alpha value is -3.80. The van der Waals surface area contributed by atoms with Crippen LogP contribution >= 0.6 is 0 Å². The molecule has 0 saturated heterocycles. The van der Waals surface area contributed by atoms with Gasteiger partial charge in [-0.15, -0.1) is 0 Å². The zero-order chi connectivity index (χ0) is 22.6. The molecule has 0 aliphatic heterocycles. The third kappa shape index (κ3) is 4.55. The molecule has 33 heavy (non-hydrogen) atoms. The lowest BCUT2D eigenvalue weighted by Crippen LogP contribution is -2.20. The molecule has 4 aromatic rings. The van der Waals surface area contributed by atoms with Crippen LogP contribution in [0, 0.1) is 5.92 Å². The molecule has 2 aromatic heterocycles. The lowest BCUT2D eigenvalue weighted by Gasteiger charge is -2.28. The maximum atomic E-state index is 11.7. The van der Waals surface area contributed by atoms with E-state index < -0.39 is 0 Å². The zero-order valence-corrected chi connectivity index (χ0v) is 18.4. The van der Waals surface area contributed by atoms with Gasteiger partial charge >= 0.3 is 0 Å². The number of hydrogen-bond acceptors (Lipinski definition) is 5. The first-order valence-corrected chi connectivity index (χ1v) is 11.4. The van der Waals surface area contributed by atoms with Gasteiger partial charge < -0.3 is 4.74 Å². The minimum absolute atomic E-state index is 0.137. The molecule has 1 saturated carbocycles. The van der Waals surface area contributed by atoms with Crippen LogP contribution in [0.4, 0.5) is 0 Å². The fourth-order valence-electron chi connectivity index (χ4n) is 4.62. The van der Waals surface area contributed by atoms with Gasteiger partial charge in [0.05, 0.1) is 11.4 Å². The molecule has 1 aliphatic rings. The number of carbonyl (C=O) groups is 1. The first-order valence-electron chi connectivity index (χ1n) is 11.4. The Morgan fingerprint density at radius 3 is 2.48 bits per heavy atom. The molecule has 2 heterocycles. The van der Waals surface area contributed by atoms with Crippen molar-refractivity contribution in [2.24, 2.45) is 5.92 Å². The second kappa shape index (κ2) is 9.36. The molecule has 0 bridgehead atoms. The quantitative estimate of drug-likeness (QED) is 0.323. The number of rotatable bonds is 7. The summed E-state index contributed by atoms with van der Waals surface area (Å²) in [5.41, 5.74) is 2.73.